The molecule has 4 aliphatic rings. The van der Waals surface area contributed by atoms with Gasteiger partial charge < -0.3 is 29.2 Å². The standard InChI is InChI=1S/C38H45NO11/c1-7-26(41)49-29-20(2)17-38(46)28(29)31(50-33(43)22-12-9-8-10-13-22)37(19-47-32(42)23-14-11-15-39-18-23)25(48-21(3)40)16-24-27(35(24,4)5)30(37)36(6,45)34(38)44/h8-15,18,20,24-25,27-31,45-46H,7,16-17,19H2,1-6H3/t20-,24-,25+,27-,28+,29-,30-,31+,36-,37+,38+/m0/s1. The van der Waals surface area contributed by atoms with Crippen LogP contribution in [0.1, 0.15) is 81.5 Å². The van der Waals surface area contributed by atoms with E-state index in [9.17, 15) is 34.2 Å². The summed E-state index contributed by atoms with van der Waals surface area (Å²) in [5, 5.41) is 25.4. The molecule has 2 N–H and O–H groups in total. The first-order valence-corrected chi connectivity index (χ1v) is 17.2. The fourth-order valence-corrected chi connectivity index (χ4v) is 9.81. The highest BCUT2D eigenvalue weighted by Crippen LogP contribution is 2.75. The summed E-state index contributed by atoms with van der Waals surface area (Å²) in [5.41, 5.74) is -6.75. The molecule has 0 aliphatic heterocycles. The Balaban J connectivity index is 1.64. The van der Waals surface area contributed by atoms with E-state index in [1.54, 1.807) is 38.1 Å². The molecule has 268 valence electrons. The number of nitrogens with zero attached hydrogens (tertiary/aromatic N) is 1. The van der Waals surface area contributed by atoms with Crippen molar-refractivity contribution in [3.8, 4) is 0 Å². The van der Waals surface area contributed by atoms with Crippen molar-refractivity contribution < 1.29 is 53.1 Å². The monoisotopic (exact) mass is 691 g/mol. The van der Waals surface area contributed by atoms with Crippen LogP contribution in [0.3, 0.4) is 0 Å². The van der Waals surface area contributed by atoms with Gasteiger partial charge in [-0.2, -0.15) is 0 Å². The lowest BCUT2D eigenvalue weighted by atomic mass is 9.55. The van der Waals surface area contributed by atoms with E-state index in [0.717, 1.165) is 0 Å². The zero-order valence-electron chi connectivity index (χ0n) is 29.2. The second kappa shape index (κ2) is 12.6. The molecule has 4 fully saturated rings. The van der Waals surface area contributed by atoms with Crippen LogP contribution in [0, 0.1) is 40.4 Å². The van der Waals surface area contributed by atoms with Crippen LogP contribution >= 0.6 is 0 Å². The molecule has 2 aromatic rings. The largest absolute Gasteiger partial charge is 0.462 e. The fourth-order valence-electron chi connectivity index (χ4n) is 9.81. The van der Waals surface area contributed by atoms with Crippen molar-refractivity contribution in [2.24, 2.45) is 40.4 Å². The highest BCUT2D eigenvalue weighted by Gasteiger charge is 2.83. The van der Waals surface area contributed by atoms with Crippen molar-refractivity contribution >= 4 is 29.7 Å². The van der Waals surface area contributed by atoms with E-state index < -0.39 is 100 Å². The maximum Gasteiger partial charge on any atom is 0.339 e. The number of benzene rings is 1. The Kier molecular flexibility index (Phi) is 8.96. The summed E-state index contributed by atoms with van der Waals surface area (Å²) in [7, 11) is 0. The van der Waals surface area contributed by atoms with Gasteiger partial charge in [-0.05, 0) is 67.2 Å². The third-order valence-electron chi connectivity index (χ3n) is 12.0. The van der Waals surface area contributed by atoms with Crippen LogP contribution in [0.15, 0.2) is 54.9 Å². The summed E-state index contributed by atoms with van der Waals surface area (Å²) in [6.45, 7) is 9.22. The average molecular weight is 692 g/mol. The normalized spacial score (nSPS) is 38.0. The van der Waals surface area contributed by atoms with E-state index in [1.165, 1.54) is 44.4 Å². The van der Waals surface area contributed by atoms with Crippen LogP contribution < -0.4 is 0 Å². The molecule has 1 aromatic heterocycles. The second-order valence-electron chi connectivity index (χ2n) is 15.3. The first-order valence-electron chi connectivity index (χ1n) is 17.2. The topological polar surface area (TPSA) is 176 Å². The molecule has 0 unspecified atom stereocenters. The van der Waals surface area contributed by atoms with Gasteiger partial charge in [0.15, 0.2) is 5.78 Å². The summed E-state index contributed by atoms with van der Waals surface area (Å²) in [6.07, 6.45) is -1.13. The minimum absolute atomic E-state index is 0.0149. The Morgan fingerprint density at radius 1 is 0.920 bits per heavy atom. The highest BCUT2D eigenvalue weighted by atomic mass is 16.6. The number of ether oxygens (including phenoxy) is 4. The van der Waals surface area contributed by atoms with Crippen LogP contribution in [0.5, 0.6) is 0 Å². The number of Topliss-reactive ketones (excluding diaryl/α,β-unsaturated/α-hetero) is 1. The average Bonchev–Trinajstić information content (AvgIpc) is 3.53. The molecule has 0 amide bonds. The van der Waals surface area contributed by atoms with E-state index >= 15 is 0 Å². The second-order valence-corrected chi connectivity index (χ2v) is 15.3. The van der Waals surface area contributed by atoms with Crippen molar-refractivity contribution in [2.75, 3.05) is 6.61 Å². The number of aromatic nitrogens is 1. The van der Waals surface area contributed by atoms with Gasteiger partial charge in [0, 0.05) is 31.7 Å². The molecule has 0 bridgehead atoms. The Hall–Kier alpha value is -4.16. The maximum atomic E-state index is 14.9. The number of pyridine rings is 1. The molecule has 50 heavy (non-hydrogen) atoms. The van der Waals surface area contributed by atoms with Crippen LogP contribution in [0.4, 0.5) is 0 Å². The molecule has 0 spiro atoms. The molecule has 12 nitrogen and oxygen atoms in total. The van der Waals surface area contributed by atoms with Crippen molar-refractivity contribution in [1.82, 2.24) is 4.98 Å². The highest BCUT2D eigenvalue weighted by molar-refractivity contribution is 5.97. The van der Waals surface area contributed by atoms with Gasteiger partial charge >= 0.3 is 23.9 Å². The zero-order valence-corrected chi connectivity index (χ0v) is 29.2. The fraction of sp³-hybridized carbons (Fsp3) is 0.579. The number of ketones is 1. The summed E-state index contributed by atoms with van der Waals surface area (Å²) < 4.78 is 24.6. The lowest BCUT2D eigenvalue weighted by Gasteiger charge is -2.54. The molecule has 0 saturated heterocycles. The third-order valence-corrected chi connectivity index (χ3v) is 12.0. The molecule has 6 rings (SSSR count). The van der Waals surface area contributed by atoms with Crippen LogP contribution in [0.25, 0.3) is 0 Å². The van der Waals surface area contributed by atoms with Gasteiger partial charge in [-0.25, -0.2) is 9.59 Å². The predicted octanol–water partition coefficient (Wildman–Crippen LogP) is 3.72. The maximum absolute atomic E-state index is 14.9. The van der Waals surface area contributed by atoms with Gasteiger partial charge in [-0.3, -0.25) is 19.4 Å². The van der Waals surface area contributed by atoms with Crippen LogP contribution in [0.2, 0.25) is 0 Å². The zero-order chi connectivity index (χ0) is 36.4. The van der Waals surface area contributed by atoms with Gasteiger partial charge in [-0.15, -0.1) is 0 Å². The number of carbonyl (C=O) groups is 5. The van der Waals surface area contributed by atoms with E-state index in [4.69, 9.17) is 18.9 Å². The molecule has 12 heteroatoms. The van der Waals surface area contributed by atoms with Gasteiger partial charge in [0.25, 0.3) is 0 Å². The number of rotatable bonds is 8. The minimum atomic E-state index is -2.36. The number of fused-ring (bicyclic) bond motifs is 4. The summed E-state index contributed by atoms with van der Waals surface area (Å²) in [6, 6.07) is 11.1. The smallest absolute Gasteiger partial charge is 0.339 e. The van der Waals surface area contributed by atoms with E-state index in [1.807, 2.05) is 13.8 Å². The Bertz CT molecular complexity index is 1680. The quantitative estimate of drug-likeness (QED) is 0.304. The third kappa shape index (κ3) is 5.51. The molecule has 4 aliphatic carbocycles. The molecular weight excluding hydrogens is 646 g/mol. The van der Waals surface area contributed by atoms with Gasteiger partial charge in [0.05, 0.1) is 22.5 Å². The van der Waals surface area contributed by atoms with Crippen molar-refractivity contribution in [2.45, 2.75) is 90.3 Å². The minimum Gasteiger partial charge on any atom is -0.462 e. The molecular formula is C38H45NO11. The number of hydrogen-bond donors (Lipinski definition) is 2. The summed E-state index contributed by atoms with van der Waals surface area (Å²) in [4.78, 5) is 72.6. The molecule has 1 heterocycles. The number of carbonyl (C=O) groups excluding carboxylic acids is 5. The lowest BCUT2D eigenvalue weighted by Crippen LogP contribution is -2.65. The molecule has 4 saturated carbocycles. The summed E-state index contributed by atoms with van der Waals surface area (Å²) >= 11 is 0. The predicted molar refractivity (Wildman–Crippen MR) is 175 cm³/mol. The lowest BCUT2D eigenvalue weighted by molar-refractivity contribution is -0.223. The van der Waals surface area contributed by atoms with Crippen molar-refractivity contribution in [3.63, 3.8) is 0 Å². The number of hydrogen-bond acceptors (Lipinski definition) is 12. The Morgan fingerprint density at radius 3 is 2.22 bits per heavy atom. The number of esters is 4. The van der Waals surface area contributed by atoms with Gasteiger partial charge in [-0.1, -0.05) is 45.9 Å². The Labute approximate surface area is 290 Å². The van der Waals surface area contributed by atoms with E-state index in [2.05, 4.69) is 4.98 Å². The Morgan fingerprint density at radius 2 is 1.60 bits per heavy atom. The first-order chi connectivity index (χ1) is 23.5. The van der Waals surface area contributed by atoms with Gasteiger partial charge in [0.1, 0.15) is 36.1 Å². The summed E-state index contributed by atoms with van der Waals surface area (Å²) in [5.74, 6) is -7.65. The SMILES string of the molecule is CCC(=O)O[C@@H]1[C@@H]2[C@@H](OC(=O)c3ccccc3)[C@@]3(COC(=O)c4cccnc4)[C@@H]([C@@H]4[C@H](C[C@H]3OC(C)=O)C4(C)C)[C@](C)(O)C(=O)[C@@]2(O)C[C@@H]1C. The molecule has 0 radical (unpaired) electrons. The number of aliphatic hydroxyl groups is 2. The first kappa shape index (κ1) is 35.7. The molecule has 1 aromatic carbocycles. The molecule has 11 atom stereocenters. The van der Waals surface area contributed by atoms with E-state index in [-0.39, 0.29) is 36.3 Å². The van der Waals surface area contributed by atoms with Crippen molar-refractivity contribution in [3.05, 3.63) is 66.0 Å². The van der Waals surface area contributed by atoms with Gasteiger partial charge in [0.2, 0.25) is 0 Å². The van der Waals surface area contributed by atoms with Crippen molar-refractivity contribution in [1.29, 1.82) is 0 Å². The van der Waals surface area contributed by atoms with Crippen LogP contribution in [-0.2, 0) is 33.3 Å². The van der Waals surface area contributed by atoms with Crippen LogP contribution in [-0.4, -0.2) is 81.0 Å². The van der Waals surface area contributed by atoms with E-state index in [0.29, 0.717) is 0 Å².